The normalized spacial score (nSPS) is 26.8. The molecule has 142 valence electrons. The summed E-state index contributed by atoms with van der Waals surface area (Å²) in [5.41, 5.74) is 2.50. The second-order valence-electron chi connectivity index (χ2n) is 7.67. The smallest absolute Gasteiger partial charge is 0.317 e. The van der Waals surface area contributed by atoms with Gasteiger partial charge in [0.1, 0.15) is 0 Å². The lowest BCUT2D eigenvalue weighted by molar-refractivity contribution is -0.00703. The average Bonchev–Trinajstić information content (AvgIpc) is 3.22. The van der Waals surface area contributed by atoms with Crippen LogP contribution in [0.4, 0.5) is 4.79 Å². The number of likely N-dealkylation sites (tertiary alicyclic amines) is 1. The van der Waals surface area contributed by atoms with Crippen LogP contribution in [-0.4, -0.2) is 70.8 Å². The quantitative estimate of drug-likeness (QED) is 0.849. The molecule has 4 heterocycles. The number of ether oxygens (including phenoxy) is 1. The molecule has 1 aromatic rings. The molecule has 2 N–H and O–H groups in total. The minimum absolute atomic E-state index is 0.0150. The molecule has 0 aromatic carbocycles. The Morgan fingerprint density at radius 3 is 2.73 bits per heavy atom. The molecule has 2 saturated heterocycles. The molecular formula is C18H27N5O3. The number of carbonyl (C=O) groups is 2. The molecule has 0 radical (unpaired) electrons. The molecule has 1 aromatic heterocycles. The zero-order chi connectivity index (χ0) is 18.3. The predicted octanol–water partition coefficient (Wildman–Crippen LogP) is 1.31. The number of H-pyrrole nitrogens is 1. The van der Waals surface area contributed by atoms with Gasteiger partial charge in [0.15, 0.2) is 5.69 Å². The third-order valence-corrected chi connectivity index (χ3v) is 5.76. The number of carbonyl (C=O) groups excluding carboxylic acids is 2. The molecule has 0 saturated carbocycles. The molecular weight excluding hydrogens is 334 g/mol. The summed E-state index contributed by atoms with van der Waals surface area (Å²) in [5.74, 6) is 0.477. The van der Waals surface area contributed by atoms with Gasteiger partial charge in [-0.3, -0.25) is 9.89 Å². The van der Waals surface area contributed by atoms with Gasteiger partial charge in [-0.05, 0) is 32.6 Å². The SMILES string of the molecule is C[C@@H]1Cc2c(C(=O)N3CCC(CN4CCNC4=O)CC3)n[nH]c2[C@H](C)O1. The van der Waals surface area contributed by atoms with Crippen molar-refractivity contribution in [3.8, 4) is 0 Å². The maximum absolute atomic E-state index is 13.0. The largest absolute Gasteiger partial charge is 0.369 e. The van der Waals surface area contributed by atoms with E-state index in [-0.39, 0.29) is 24.1 Å². The van der Waals surface area contributed by atoms with Crippen LogP contribution in [0.2, 0.25) is 0 Å². The second kappa shape index (κ2) is 6.90. The summed E-state index contributed by atoms with van der Waals surface area (Å²) in [6.45, 7) is 7.78. The zero-order valence-corrected chi connectivity index (χ0v) is 15.5. The summed E-state index contributed by atoms with van der Waals surface area (Å²) in [6, 6.07) is 0.0390. The zero-order valence-electron chi connectivity index (χ0n) is 15.5. The standard InChI is InChI=1S/C18H27N5O3/c1-11-9-14-15(12(2)26-11)20-21-16(14)17(24)22-6-3-13(4-7-22)10-23-8-5-19-18(23)25/h11-13H,3-10H2,1-2H3,(H,19,25)(H,20,21)/t11-,12+/m1/s1. The first-order valence-corrected chi connectivity index (χ1v) is 9.57. The Morgan fingerprint density at radius 1 is 1.27 bits per heavy atom. The molecule has 8 nitrogen and oxygen atoms in total. The van der Waals surface area contributed by atoms with Crippen LogP contribution in [0.15, 0.2) is 0 Å². The van der Waals surface area contributed by atoms with Crippen molar-refractivity contribution in [2.45, 2.75) is 45.3 Å². The summed E-state index contributed by atoms with van der Waals surface area (Å²) in [7, 11) is 0. The molecule has 0 unspecified atom stereocenters. The number of hydrogen-bond acceptors (Lipinski definition) is 4. The van der Waals surface area contributed by atoms with Crippen LogP contribution in [-0.2, 0) is 11.2 Å². The number of nitrogens with one attached hydrogen (secondary N) is 2. The highest BCUT2D eigenvalue weighted by Gasteiger charge is 2.33. The summed E-state index contributed by atoms with van der Waals surface area (Å²) in [5, 5.41) is 10.2. The average molecular weight is 361 g/mol. The number of fused-ring (bicyclic) bond motifs is 1. The fourth-order valence-corrected chi connectivity index (χ4v) is 4.32. The van der Waals surface area contributed by atoms with Crippen molar-refractivity contribution in [1.29, 1.82) is 0 Å². The van der Waals surface area contributed by atoms with Crippen molar-refractivity contribution in [1.82, 2.24) is 25.3 Å². The minimum atomic E-state index is -0.0554. The first-order chi connectivity index (χ1) is 12.5. The molecule has 3 amide bonds. The van der Waals surface area contributed by atoms with E-state index >= 15 is 0 Å². The number of aromatic amines is 1. The topological polar surface area (TPSA) is 90.6 Å². The molecule has 0 aliphatic carbocycles. The lowest BCUT2D eigenvalue weighted by Gasteiger charge is -2.33. The molecule has 26 heavy (non-hydrogen) atoms. The Hall–Kier alpha value is -2.09. The van der Waals surface area contributed by atoms with E-state index in [9.17, 15) is 9.59 Å². The predicted molar refractivity (Wildman–Crippen MR) is 94.9 cm³/mol. The van der Waals surface area contributed by atoms with Crippen molar-refractivity contribution in [3.05, 3.63) is 17.0 Å². The summed E-state index contributed by atoms with van der Waals surface area (Å²) in [4.78, 5) is 28.5. The Labute approximate surface area is 153 Å². The fourth-order valence-electron chi connectivity index (χ4n) is 4.32. The highest BCUT2D eigenvalue weighted by Crippen LogP contribution is 2.31. The van der Waals surface area contributed by atoms with E-state index in [1.165, 1.54) is 0 Å². The van der Waals surface area contributed by atoms with Crippen molar-refractivity contribution in [2.24, 2.45) is 5.92 Å². The van der Waals surface area contributed by atoms with Crippen molar-refractivity contribution >= 4 is 11.9 Å². The third-order valence-electron chi connectivity index (χ3n) is 5.76. The first kappa shape index (κ1) is 17.3. The van der Waals surface area contributed by atoms with Gasteiger partial charge in [-0.2, -0.15) is 5.10 Å². The van der Waals surface area contributed by atoms with Crippen LogP contribution in [0.3, 0.4) is 0 Å². The highest BCUT2D eigenvalue weighted by molar-refractivity contribution is 5.94. The molecule has 0 bridgehead atoms. The van der Waals surface area contributed by atoms with Gasteiger partial charge in [0.05, 0.1) is 17.9 Å². The number of aromatic nitrogens is 2. The van der Waals surface area contributed by atoms with Crippen LogP contribution in [0.1, 0.15) is 54.5 Å². The van der Waals surface area contributed by atoms with E-state index < -0.39 is 0 Å². The van der Waals surface area contributed by atoms with Gasteiger partial charge in [0.25, 0.3) is 5.91 Å². The number of rotatable bonds is 3. The summed E-state index contributed by atoms with van der Waals surface area (Å²) < 4.78 is 5.80. The van der Waals surface area contributed by atoms with Crippen molar-refractivity contribution in [3.63, 3.8) is 0 Å². The molecule has 3 aliphatic heterocycles. The molecule has 3 aliphatic rings. The van der Waals surface area contributed by atoms with Crippen LogP contribution >= 0.6 is 0 Å². The van der Waals surface area contributed by atoms with Crippen molar-refractivity contribution < 1.29 is 14.3 Å². The van der Waals surface area contributed by atoms with E-state index in [1.54, 1.807) is 0 Å². The Kier molecular flexibility index (Phi) is 4.60. The van der Waals surface area contributed by atoms with Gasteiger partial charge in [-0.1, -0.05) is 0 Å². The van der Waals surface area contributed by atoms with Gasteiger partial charge < -0.3 is 19.9 Å². The van der Waals surface area contributed by atoms with E-state index in [1.807, 2.05) is 23.6 Å². The van der Waals surface area contributed by atoms with Crippen LogP contribution < -0.4 is 5.32 Å². The minimum Gasteiger partial charge on any atom is -0.369 e. The number of amides is 3. The lowest BCUT2D eigenvalue weighted by atomic mass is 9.95. The molecule has 4 rings (SSSR count). The van der Waals surface area contributed by atoms with Crippen molar-refractivity contribution in [2.75, 3.05) is 32.7 Å². The number of nitrogens with zero attached hydrogens (tertiary/aromatic N) is 3. The van der Waals surface area contributed by atoms with Crippen LogP contribution in [0.5, 0.6) is 0 Å². The number of piperidine rings is 1. The maximum Gasteiger partial charge on any atom is 0.317 e. The lowest BCUT2D eigenvalue weighted by Crippen LogP contribution is -2.42. The maximum atomic E-state index is 13.0. The molecule has 0 spiro atoms. The fraction of sp³-hybridized carbons (Fsp3) is 0.722. The second-order valence-corrected chi connectivity index (χ2v) is 7.67. The monoisotopic (exact) mass is 361 g/mol. The Morgan fingerprint density at radius 2 is 2.04 bits per heavy atom. The first-order valence-electron chi connectivity index (χ1n) is 9.57. The third kappa shape index (κ3) is 3.18. The van der Waals surface area contributed by atoms with Crippen LogP contribution in [0, 0.1) is 5.92 Å². The summed E-state index contributed by atoms with van der Waals surface area (Å²) >= 11 is 0. The van der Waals surface area contributed by atoms with E-state index in [0.717, 1.165) is 63.2 Å². The van der Waals surface area contributed by atoms with Gasteiger partial charge >= 0.3 is 6.03 Å². The van der Waals surface area contributed by atoms with E-state index in [0.29, 0.717) is 11.6 Å². The number of hydrogen-bond donors (Lipinski definition) is 2. The molecule has 8 heteroatoms. The van der Waals surface area contributed by atoms with E-state index in [2.05, 4.69) is 15.5 Å². The molecule has 2 fully saturated rings. The summed E-state index contributed by atoms with van der Waals surface area (Å²) in [6.07, 6.45) is 2.62. The van der Waals surface area contributed by atoms with Gasteiger partial charge in [0.2, 0.25) is 0 Å². The number of urea groups is 1. The Bertz CT molecular complexity index is 695. The van der Waals surface area contributed by atoms with Gasteiger partial charge in [-0.15, -0.1) is 0 Å². The highest BCUT2D eigenvalue weighted by atomic mass is 16.5. The molecule has 2 atom stereocenters. The van der Waals surface area contributed by atoms with E-state index in [4.69, 9.17) is 4.74 Å². The van der Waals surface area contributed by atoms with Crippen LogP contribution in [0.25, 0.3) is 0 Å². The Balaban J connectivity index is 1.38. The van der Waals surface area contributed by atoms with Gasteiger partial charge in [-0.25, -0.2) is 4.79 Å². The van der Waals surface area contributed by atoms with Gasteiger partial charge in [0, 0.05) is 44.7 Å².